The molecule has 0 aliphatic carbocycles. The van der Waals surface area contributed by atoms with E-state index in [2.05, 4.69) is 6.07 Å². The number of primary amides is 1. The number of para-hydroxylation sites is 1. The summed E-state index contributed by atoms with van der Waals surface area (Å²) in [6, 6.07) is 23.1. The Morgan fingerprint density at radius 1 is 1.03 bits per heavy atom. The normalized spacial score (nSPS) is 10.6. The first kappa shape index (κ1) is 19.4. The van der Waals surface area contributed by atoms with Crippen molar-refractivity contribution in [3.8, 4) is 11.8 Å². The fourth-order valence-corrected chi connectivity index (χ4v) is 4.00. The van der Waals surface area contributed by atoms with Crippen LogP contribution in [0.4, 0.5) is 0 Å². The first-order valence-corrected chi connectivity index (χ1v) is 10.1. The fourth-order valence-electron chi connectivity index (χ4n) is 3.04. The van der Waals surface area contributed by atoms with Gasteiger partial charge in [-0.05, 0) is 54.1 Å². The number of benzene rings is 3. The van der Waals surface area contributed by atoms with E-state index in [4.69, 9.17) is 16.0 Å². The third kappa shape index (κ3) is 3.81. The summed E-state index contributed by atoms with van der Waals surface area (Å²) in [5.74, 6) is 0.0835. The molecule has 0 aliphatic rings. The second-order valence-corrected chi connectivity index (χ2v) is 7.50. The van der Waals surface area contributed by atoms with Crippen molar-refractivity contribution < 1.29 is 4.79 Å². The number of fused-ring (bicyclic) bond motifs is 1. The number of nitriles is 1. The number of amides is 1. The molecule has 7 heteroatoms. The molecule has 4 aromatic rings. The summed E-state index contributed by atoms with van der Waals surface area (Å²) >= 11 is 1.42. The summed E-state index contributed by atoms with van der Waals surface area (Å²) in [5.41, 5.74) is 8.32. The Bertz CT molecular complexity index is 1340. The van der Waals surface area contributed by atoms with Gasteiger partial charge in [-0.25, -0.2) is 4.98 Å². The van der Waals surface area contributed by atoms with Crippen LogP contribution < -0.4 is 11.3 Å². The van der Waals surface area contributed by atoms with Crippen LogP contribution in [0.15, 0.2) is 82.7 Å². The maximum Gasteiger partial charge on any atom is 0.266 e. The van der Waals surface area contributed by atoms with Gasteiger partial charge in [-0.1, -0.05) is 36.0 Å². The van der Waals surface area contributed by atoms with Crippen molar-refractivity contribution >= 4 is 28.6 Å². The Labute approximate surface area is 176 Å². The monoisotopic (exact) mass is 412 g/mol. The Balaban J connectivity index is 1.76. The number of carbonyl (C=O) groups is 1. The first-order valence-electron chi connectivity index (χ1n) is 9.11. The van der Waals surface area contributed by atoms with Gasteiger partial charge in [0.05, 0.1) is 28.2 Å². The SMILES string of the molecule is N#Cc1ccc(-n2c(SCc3ccc(C(N)=O)cc3)nc3ccccc3c2=O)cc1. The molecule has 2 N–H and O–H groups in total. The van der Waals surface area contributed by atoms with Crippen molar-refractivity contribution in [2.24, 2.45) is 5.73 Å². The number of thioether (sulfide) groups is 1. The van der Waals surface area contributed by atoms with E-state index in [0.29, 0.717) is 38.6 Å². The summed E-state index contributed by atoms with van der Waals surface area (Å²) in [6.07, 6.45) is 0. The summed E-state index contributed by atoms with van der Waals surface area (Å²) in [6.45, 7) is 0. The van der Waals surface area contributed by atoms with Gasteiger partial charge < -0.3 is 5.73 Å². The average molecular weight is 412 g/mol. The lowest BCUT2D eigenvalue weighted by atomic mass is 10.1. The highest BCUT2D eigenvalue weighted by Crippen LogP contribution is 2.25. The molecular weight excluding hydrogens is 396 g/mol. The zero-order chi connectivity index (χ0) is 21.1. The summed E-state index contributed by atoms with van der Waals surface area (Å²) < 4.78 is 1.56. The van der Waals surface area contributed by atoms with E-state index < -0.39 is 5.91 Å². The van der Waals surface area contributed by atoms with Crippen LogP contribution in [0.2, 0.25) is 0 Å². The lowest BCUT2D eigenvalue weighted by Gasteiger charge is -2.13. The predicted molar refractivity (Wildman–Crippen MR) is 117 cm³/mol. The van der Waals surface area contributed by atoms with E-state index in [0.717, 1.165) is 5.56 Å². The van der Waals surface area contributed by atoms with Crippen molar-refractivity contribution in [2.75, 3.05) is 0 Å². The molecule has 1 heterocycles. The van der Waals surface area contributed by atoms with Gasteiger partial charge in [-0.15, -0.1) is 0 Å². The molecule has 0 aliphatic heterocycles. The Morgan fingerprint density at radius 2 is 1.73 bits per heavy atom. The predicted octanol–water partition coefficient (Wildman–Crippen LogP) is 3.65. The van der Waals surface area contributed by atoms with Crippen LogP contribution in [0, 0.1) is 11.3 Å². The number of carbonyl (C=O) groups excluding carboxylic acids is 1. The highest BCUT2D eigenvalue weighted by molar-refractivity contribution is 7.98. The van der Waals surface area contributed by atoms with Crippen molar-refractivity contribution in [1.29, 1.82) is 5.26 Å². The van der Waals surface area contributed by atoms with E-state index in [-0.39, 0.29) is 5.56 Å². The van der Waals surface area contributed by atoms with E-state index in [1.165, 1.54) is 11.8 Å². The molecule has 0 fully saturated rings. The van der Waals surface area contributed by atoms with Crippen LogP contribution in [0.5, 0.6) is 0 Å². The smallest absolute Gasteiger partial charge is 0.266 e. The van der Waals surface area contributed by atoms with Crippen molar-refractivity contribution in [1.82, 2.24) is 9.55 Å². The van der Waals surface area contributed by atoms with Gasteiger partial charge in [0, 0.05) is 11.3 Å². The molecule has 0 saturated heterocycles. The van der Waals surface area contributed by atoms with Gasteiger partial charge in [0.15, 0.2) is 5.16 Å². The molecule has 4 rings (SSSR count). The van der Waals surface area contributed by atoms with Gasteiger partial charge >= 0.3 is 0 Å². The van der Waals surface area contributed by atoms with Crippen molar-refractivity contribution in [3.05, 3.63) is 99.8 Å². The Kier molecular flexibility index (Phi) is 5.33. The molecule has 0 bridgehead atoms. The molecule has 6 nitrogen and oxygen atoms in total. The molecule has 0 atom stereocenters. The zero-order valence-corrected chi connectivity index (χ0v) is 16.6. The van der Waals surface area contributed by atoms with E-state index in [9.17, 15) is 9.59 Å². The lowest BCUT2D eigenvalue weighted by molar-refractivity contribution is 0.100. The van der Waals surface area contributed by atoms with Crippen LogP contribution >= 0.6 is 11.8 Å². The molecular formula is C23H16N4O2S. The van der Waals surface area contributed by atoms with E-state index in [1.54, 1.807) is 47.0 Å². The summed E-state index contributed by atoms with van der Waals surface area (Å²) in [5, 5.41) is 10.1. The summed E-state index contributed by atoms with van der Waals surface area (Å²) in [4.78, 5) is 29.2. The van der Waals surface area contributed by atoms with E-state index >= 15 is 0 Å². The lowest BCUT2D eigenvalue weighted by Crippen LogP contribution is -2.21. The molecule has 30 heavy (non-hydrogen) atoms. The van der Waals surface area contributed by atoms with Gasteiger partial charge in [-0.2, -0.15) is 5.26 Å². The van der Waals surface area contributed by atoms with Crippen molar-refractivity contribution in [2.45, 2.75) is 10.9 Å². The largest absolute Gasteiger partial charge is 0.366 e. The first-order chi connectivity index (χ1) is 14.6. The zero-order valence-electron chi connectivity index (χ0n) is 15.8. The van der Waals surface area contributed by atoms with Crippen LogP contribution in [-0.2, 0) is 5.75 Å². The number of rotatable bonds is 5. The van der Waals surface area contributed by atoms with Crippen LogP contribution in [0.1, 0.15) is 21.5 Å². The van der Waals surface area contributed by atoms with Crippen LogP contribution in [0.3, 0.4) is 0 Å². The fraction of sp³-hybridized carbons (Fsp3) is 0.0435. The maximum absolute atomic E-state index is 13.2. The molecule has 0 unspecified atom stereocenters. The average Bonchev–Trinajstić information content (AvgIpc) is 2.78. The minimum absolute atomic E-state index is 0.170. The third-order valence-electron chi connectivity index (χ3n) is 4.61. The topological polar surface area (TPSA) is 102 Å². The highest BCUT2D eigenvalue weighted by Gasteiger charge is 2.13. The Morgan fingerprint density at radius 3 is 2.40 bits per heavy atom. The molecule has 3 aromatic carbocycles. The van der Waals surface area contributed by atoms with Crippen LogP contribution in [0.25, 0.3) is 16.6 Å². The second-order valence-electron chi connectivity index (χ2n) is 6.56. The molecule has 0 spiro atoms. The number of nitrogens with zero attached hydrogens (tertiary/aromatic N) is 3. The highest BCUT2D eigenvalue weighted by atomic mass is 32.2. The number of nitrogens with two attached hydrogens (primary N) is 1. The number of hydrogen-bond donors (Lipinski definition) is 1. The van der Waals surface area contributed by atoms with Gasteiger partial charge in [0.25, 0.3) is 5.56 Å². The Hall–Kier alpha value is -3.89. The number of aromatic nitrogens is 2. The molecule has 0 radical (unpaired) electrons. The van der Waals surface area contributed by atoms with Crippen molar-refractivity contribution in [3.63, 3.8) is 0 Å². The molecule has 1 aromatic heterocycles. The van der Waals surface area contributed by atoms with Gasteiger partial charge in [-0.3, -0.25) is 14.2 Å². The summed E-state index contributed by atoms with van der Waals surface area (Å²) in [7, 11) is 0. The quantitative estimate of drug-likeness (QED) is 0.398. The maximum atomic E-state index is 13.2. The molecule has 146 valence electrons. The molecule has 1 amide bonds. The number of hydrogen-bond acceptors (Lipinski definition) is 5. The van der Waals surface area contributed by atoms with Gasteiger partial charge in [0.2, 0.25) is 5.91 Å². The minimum atomic E-state index is -0.472. The minimum Gasteiger partial charge on any atom is -0.366 e. The third-order valence-corrected chi connectivity index (χ3v) is 5.62. The van der Waals surface area contributed by atoms with Crippen LogP contribution in [-0.4, -0.2) is 15.5 Å². The van der Waals surface area contributed by atoms with E-state index in [1.807, 2.05) is 30.3 Å². The molecule has 0 saturated carbocycles. The standard InChI is InChI=1S/C23H16N4O2S/c24-13-15-7-11-18(12-8-15)27-22(29)19-3-1-2-4-20(19)26-23(27)30-14-16-5-9-17(10-6-16)21(25)28/h1-12H,14H2,(H2,25,28). The van der Waals surface area contributed by atoms with Gasteiger partial charge in [0.1, 0.15) is 0 Å². The second kappa shape index (κ2) is 8.23.